The number of alkyl halides is 3. The van der Waals surface area contributed by atoms with Crippen LogP contribution < -0.4 is 10.1 Å². The Bertz CT molecular complexity index is 746. The second-order valence-electron chi connectivity index (χ2n) is 6.68. The number of nitrogens with zero attached hydrogens (tertiary/aromatic N) is 2. The molecule has 1 aromatic heterocycles. The van der Waals surface area contributed by atoms with Crippen LogP contribution in [-0.4, -0.2) is 22.7 Å². The van der Waals surface area contributed by atoms with Crippen molar-refractivity contribution in [3.05, 3.63) is 35.5 Å². The van der Waals surface area contributed by atoms with E-state index in [9.17, 15) is 13.2 Å². The average molecular weight is 351 g/mol. The number of rotatable bonds is 3. The number of fused-ring (bicyclic) bond motifs is 1. The number of hydrogen-bond donors (Lipinski definition) is 1. The summed E-state index contributed by atoms with van der Waals surface area (Å²) in [4.78, 5) is 0. The highest BCUT2D eigenvalue weighted by Crippen LogP contribution is 2.39. The minimum atomic E-state index is -4.68. The van der Waals surface area contributed by atoms with Crippen LogP contribution in [0, 0.1) is 0 Å². The van der Waals surface area contributed by atoms with Gasteiger partial charge in [0.2, 0.25) is 0 Å². The molecule has 134 valence electrons. The first kappa shape index (κ1) is 16.3. The fourth-order valence-corrected chi connectivity index (χ4v) is 3.88. The lowest BCUT2D eigenvalue weighted by molar-refractivity contribution is -0.274. The van der Waals surface area contributed by atoms with Crippen LogP contribution in [0.1, 0.15) is 49.3 Å². The molecular weight excluding hydrogens is 331 g/mol. The number of anilines is 1. The Labute approximate surface area is 144 Å². The molecule has 4 rings (SSSR count). The van der Waals surface area contributed by atoms with Crippen LogP contribution in [-0.2, 0) is 6.42 Å². The molecule has 0 saturated heterocycles. The van der Waals surface area contributed by atoms with Crippen molar-refractivity contribution in [1.29, 1.82) is 0 Å². The van der Waals surface area contributed by atoms with E-state index in [1.54, 1.807) is 12.1 Å². The zero-order valence-electron chi connectivity index (χ0n) is 13.8. The van der Waals surface area contributed by atoms with Crippen LogP contribution >= 0.6 is 0 Å². The van der Waals surface area contributed by atoms with E-state index in [2.05, 4.69) is 10.1 Å². The fourth-order valence-electron chi connectivity index (χ4n) is 3.88. The Balaban J connectivity index is 1.64. The van der Waals surface area contributed by atoms with Gasteiger partial charge in [0.05, 0.1) is 11.4 Å². The zero-order chi connectivity index (χ0) is 17.4. The minimum Gasteiger partial charge on any atom is -0.406 e. The number of nitrogens with one attached hydrogen (secondary N) is 1. The fraction of sp³-hybridized carbons (Fsp3) is 0.500. The smallest absolute Gasteiger partial charge is 0.406 e. The van der Waals surface area contributed by atoms with Crippen molar-refractivity contribution in [2.24, 2.45) is 0 Å². The van der Waals surface area contributed by atoms with E-state index >= 15 is 0 Å². The van der Waals surface area contributed by atoms with Gasteiger partial charge in [-0.2, -0.15) is 5.10 Å². The van der Waals surface area contributed by atoms with Crippen LogP contribution in [0.3, 0.4) is 0 Å². The van der Waals surface area contributed by atoms with Crippen molar-refractivity contribution in [2.45, 2.75) is 50.8 Å². The van der Waals surface area contributed by atoms with Gasteiger partial charge in [-0.15, -0.1) is 13.2 Å². The van der Waals surface area contributed by atoms with E-state index in [-0.39, 0.29) is 5.75 Å². The molecule has 0 amide bonds. The third-order valence-electron chi connectivity index (χ3n) is 4.99. The van der Waals surface area contributed by atoms with Gasteiger partial charge in [-0.1, -0.05) is 19.3 Å². The van der Waals surface area contributed by atoms with Crippen molar-refractivity contribution in [2.75, 3.05) is 11.9 Å². The minimum absolute atomic E-state index is 0.222. The normalized spacial score (nSPS) is 18.0. The first-order chi connectivity index (χ1) is 12.0. The molecule has 1 fully saturated rings. The van der Waals surface area contributed by atoms with Gasteiger partial charge in [0.1, 0.15) is 11.6 Å². The molecule has 2 aromatic rings. The van der Waals surface area contributed by atoms with Crippen LogP contribution in [0.25, 0.3) is 5.69 Å². The van der Waals surface area contributed by atoms with E-state index in [1.807, 2.05) is 4.68 Å². The highest BCUT2D eigenvalue weighted by molar-refractivity contribution is 5.58. The molecule has 0 atom stereocenters. The van der Waals surface area contributed by atoms with Gasteiger partial charge in [0, 0.05) is 18.0 Å². The van der Waals surface area contributed by atoms with Crippen molar-refractivity contribution in [1.82, 2.24) is 9.78 Å². The number of halogens is 3. The van der Waals surface area contributed by atoms with E-state index in [1.165, 1.54) is 49.8 Å². The maximum absolute atomic E-state index is 12.3. The summed E-state index contributed by atoms with van der Waals surface area (Å²) in [5.74, 6) is 1.25. The third-order valence-corrected chi connectivity index (χ3v) is 4.99. The Morgan fingerprint density at radius 3 is 2.48 bits per heavy atom. The first-order valence-electron chi connectivity index (χ1n) is 8.73. The molecule has 1 aromatic carbocycles. The molecule has 1 N–H and O–H groups in total. The van der Waals surface area contributed by atoms with Crippen molar-refractivity contribution in [3.63, 3.8) is 0 Å². The number of hydrogen-bond acceptors (Lipinski definition) is 3. The molecule has 2 aliphatic rings. The zero-order valence-corrected chi connectivity index (χ0v) is 13.8. The summed E-state index contributed by atoms with van der Waals surface area (Å²) in [6.45, 7) is 0.877. The molecule has 0 unspecified atom stereocenters. The van der Waals surface area contributed by atoms with E-state index in [0.29, 0.717) is 5.92 Å². The largest absolute Gasteiger partial charge is 0.573 e. The Kier molecular flexibility index (Phi) is 4.09. The van der Waals surface area contributed by atoms with Crippen LogP contribution in [0.5, 0.6) is 5.75 Å². The van der Waals surface area contributed by atoms with Gasteiger partial charge in [-0.3, -0.25) is 0 Å². The second kappa shape index (κ2) is 6.28. The standard InChI is InChI=1S/C18H20F3N3O/c19-18(20,21)25-14-8-6-13(7-9-14)24-17-15(10-11-22-17)16(23-24)12-4-2-1-3-5-12/h6-9,12,22H,1-5,10-11H2. The van der Waals surface area contributed by atoms with Crippen LogP contribution in [0.4, 0.5) is 19.0 Å². The SMILES string of the molecule is FC(F)(F)Oc1ccc(-n2nc(C3CCCCC3)c3c2NCC3)cc1. The maximum atomic E-state index is 12.3. The Hall–Kier alpha value is -2.18. The molecule has 0 radical (unpaired) electrons. The average Bonchev–Trinajstić information content (AvgIpc) is 3.17. The van der Waals surface area contributed by atoms with E-state index < -0.39 is 6.36 Å². The lowest BCUT2D eigenvalue weighted by Gasteiger charge is -2.20. The van der Waals surface area contributed by atoms with Gasteiger partial charge in [-0.25, -0.2) is 4.68 Å². The molecule has 1 aliphatic carbocycles. The molecule has 7 heteroatoms. The van der Waals surface area contributed by atoms with E-state index in [0.717, 1.165) is 30.2 Å². The third kappa shape index (κ3) is 3.32. The van der Waals surface area contributed by atoms with Crippen molar-refractivity contribution in [3.8, 4) is 11.4 Å². The van der Waals surface area contributed by atoms with E-state index in [4.69, 9.17) is 5.10 Å². The lowest BCUT2D eigenvalue weighted by Crippen LogP contribution is -2.17. The molecular formula is C18H20F3N3O. The summed E-state index contributed by atoms with van der Waals surface area (Å²) < 4.78 is 42.7. The van der Waals surface area contributed by atoms with Gasteiger partial charge < -0.3 is 10.1 Å². The van der Waals surface area contributed by atoms with Gasteiger partial charge in [0.25, 0.3) is 0 Å². The summed E-state index contributed by atoms with van der Waals surface area (Å²) in [5, 5.41) is 8.19. The summed E-state index contributed by atoms with van der Waals surface area (Å²) >= 11 is 0. The number of benzene rings is 1. The lowest BCUT2D eigenvalue weighted by atomic mass is 9.85. The summed E-state index contributed by atoms with van der Waals surface area (Å²) in [7, 11) is 0. The predicted octanol–water partition coefficient (Wildman–Crippen LogP) is 4.79. The first-order valence-corrected chi connectivity index (χ1v) is 8.73. The van der Waals surface area contributed by atoms with Crippen LogP contribution in [0.2, 0.25) is 0 Å². The van der Waals surface area contributed by atoms with Gasteiger partial charge in [-0.05, 0) is 43.5 Å². The van der Waals surface area contributed by atoms with Crippen molar-refractivity contribution >= 4 is 5.82 Å². The Morgan fingerprint density at radius 2 is 1.80 bits per heavy atom. The van der Waals surface area contributed by atoms with Crippen LogP contribution in [0.15, 0.2) is 24.3 Å². The van der Waals surface area contributed by atoms with Gasteiger partial charge in [0.15, 0.2) is 0 Å². The molecule has 25 heavy (non-hydrogen) atoms. The quantitative estimate of drug-likeness (QED) is 0.864. The molecule has 0 spiro atoms. The summed E-state index contributed by atoms with van der Waals surface area (Å²) in [5.41, 5.74) is 3.17. The van der Waals surface area contributed by atoms with Gasteiger partial charge >= 0.3 is 6.36 Å². The topological polar surface area (TPSA) is 39.1 Å². The predicted molar refractivity (Wildman–Crippen MR) is 88.3 cm³/mol. The molecule has 0 bridgehead atoms. The van der Waals surface area contributed by atoms with Crippen molar-refractivity contribution < 1.29 is 17.9 Å². The molecule has 1 aliphatic heterocycles. The Morgan fingerprint density at radius 1 is 1.08 bits per heavy atom. The number of aromatic nitrogens is 2. The highest BCUT2D eigenvalue weighted by Gasteiger charge is 2.31. The molecule has 2 heterocycles. The molecule has 4 nitrogen and oxygen atoms in total. The second-order valence-corrected chi connectivity index (χ2v) is 6.68. The maximum Gasteiger partial charge on any atom is 0.573 e. The summed E-state index contributed by atoms with van der Waals surface area (Å²) in [6.07, 6.45) is 2.38. The number of ether oxygens (including phenoxy) is 1. The highest BCUT2D eigenvalue weighted by atomic mass is 19.4. The monoisotopic (exact) mass is 351 g/mol. The molecule has 1 saturated carbocycles. The summed E-state index contributed by atoms with van der Waals surface area (Å²) in [6, 6.07) is 5.87.